The lowest BCUT2D eigenvalue weighted by Gasteiger charge is -2.11. The zero-order valence-corrected chi connectivity index (χ0v) is 9.53. The fourth-order valence-electron chi connectivity index (χ4n) is 1.86. The quantitative estimate of drug-likeness (QED) is 0.666. The largest absolute Gasteiger partial charge is 0.384 e. The third-order valence-electron chi connectivity index (χ3n) is 2.52. The van der Waals surface area contributed by atoms with Crippen molar-refractivity contribution in [2.24, 2.45) is 0 Å². The minimum absolute atomic E-state index is 0.782. The van der Waals surface area contributed by atoms with Gasteiger partial charge in [-0.1, -0.05) is 6.92 Å². The molecule has 78 valence electrons. The molecule has 0 heterocycles. The number of thioether (sulfide) groups is 1. The maximum Gasteiger partial charge on any atom is 0.0553 e. The molecule has 0 aromatic heterocycles. The third kappa shape index (κ3) is 4.34. The zero-order chi connectivity index (χ0) is 9.52. The topological polar surface area (TPSA) is 21.3 Å². The van der Waals surface area contributed by atoms with Crippen molar-refractivity contribution in [2.45, 2.75) is 37.5 Å². The van der Waals surface area contributed by atoms with E-state index in [0.29, 0.717) is 0 Å². The van der Waals surface area contributed by atoms with Crippen molar-refractivity contribution >= 4 is 11.8 Å². The first-order valence-corrected chi connectivity index (χ1v) is 6.25. The van der Waals surface area contributed by atoms with E-state index in [9.17, 15) is 0 Å². The van der Waals surface area contributed by atoms with Crippen LogP contribution in [0.25, 0.3) is 0 Å². The van der Waals surface area contributed by atoms with E-state index in [1.54, 1.807) is 7.11 Å². The van der Waals surface area contributed by atoms with Gasteiger partial charge in [-0.25, -0.2) is 0 Å². The number of hydrogen-bond donors (Lipinski definition) is 1. The summed E-state index contributed by atoms with van der Waals surface area (Å²) in [5.41, 5.74) is 0. The highest BCUT2D eigenvalue weighted by Gasteiger charge is 2.23. The minimum Gasteiger partial charge on any atom is -0.384 e. The first-order valence-electron chi connectivity index (χ1n) is 5.20. The molecule has 2 unspecified atom stereocenters. The summed E-state index contributed by atoms with van der Waals surface area (Å²) < 4.78 is 5.04. The van der Waals surface area contributed by atoms with Gasteiger partial charge in [0.25, 0.3) is 0 Å². The molecule has 13 heavy (non-hydrogen) atoms. The Bertz CT molecular complexity index is 132. The van der Waals surface area contributed by atoms with Crippen molar-refractivity contribution in [2.75, 3.05) is 26.0 Å². The Morgan fingerprint density at radius 1 is 1.46 bits per heavy atom. The Kier molecular flexibility index (Phi) is 5.83. The van der Waals surface area contributed by atoms with Gasteiger partial charge in [0, 0.05) is 24.2 Å². The summed E-state index contributed by atoms with van der Waals surface area (Å²) in [5.74, 6) is 1.15. The lowest BCUT2D eigenvalue weighted by atomic mass is 10.2. The predicted octanol–water partition coefficient (Wildman–Crippen LogP) is 1.90. The summed E-state index contributed by atoms with van der Waals surface area (Å²) in [6.45, 7) is 4.19. The van der Waals surface area contributed by atoms with Crippen LogP contribution in [0.15, 0.2) is 0 Å². The highest BCUT2D eigenvalue weighted by molar-refractivity contribution is 7.99. The first-order chi connectivity index (χ1) is 6.36. The maximum atomic E-state index is 5.04. The molecule has 1 fully saturated rings. The zero-order valence-electron chi connectivity index (χ0n) is 8.71. The van der Waals surface area contributed by atoms with Gasteiger partial charge in [-0.05, 0) is 25.8 Å². The Balaban J connectivity index is 2.03. The molecule has 0 amide bonds. The van der Waals surface area contributed by atoms with Crippen molar-refractivity contribution < 1.29 is 4.74 Å². The smallest absolute Gasteiger partial charge is 0.0553 e. The Morgan fingerprint density at radius 3 is 3.00 bits per heavy atom. The van der Waals surface area contributed by atoms with Crippen LogP contribution in [-0.4, -0.2) is 37.3 Å². The summed E-state index contributed by atoms with van der Waals surface area (Å²) in [4.78, 5) is 0. The second-order valence-corrected chi connectivity index (χ2v) is 4.96. The molecule has 2 atom stereocenters. The molecular formula is C10H21NOS. The molecule has 0 saturated heterocycles. The average molecular weight is 203 g/mol. The van der Waals surface area contributed by atoms with Gasteiger partial charge in [0.1, 0.15) is 0 Å². The number of hydrogen-bond acceptors (Lipinski definition) is 3. The number of ether oxygens (including phenoxy) is 1. The van der Waals surface area contributed by atoms with Gasteiger partial charge in [-0.2, -0.15) is 11.8 Å². The number of rotatable bonds is 6. The van der Waals surface area contributed by atoms with Gasteiger partial charge in [0.15, 0.2) is 0 Å². The molecule has 0 aliphatic heterocycles. The van der Waals surface area contributed by atoms with E-state index in [0.717, 1.165) is 30.2 Å². The third-order valence-corrected chi connectivity index (χ3v) is 3.82. The molecule has 0 radical (unpaired) electrons. The molecule has 1 rings (SSSR count). The fraction of sp³-hybridized carbons (Fsp3) is 1.00. The van der Waals surface area contributed by atoms with Crippen LogP contribution in [0.4, 0.5) is 0 Å². The van der Waals surface area contributed by atoms with Gasteiger partial charge in [-0.3, -0.25) is 0 Å². The normalized spacial score (nSPS) is 28.2. The molecule has 2 nitrogen and oxygen atoms in total. The van der Waals surface area contributed by atoms with Crippen molar-refractivity contribution in [3.05, 3.63) is 0 Å². The van der Waals surface area contributed by atoms with E-state index in [2.05, 4.69) is 24.0 Å². The average Bonchev–Trinajstić information content (AvgIpc) is 2.54. The van der Waals surface area contributed by atoms with Crippen LogP contribution in [0.3, 0.4) is 0 Å². The van der Waals surface area contributed by atoms with E-state index in [1.165, 1.54) is 19.3 Å². The summed E-state index contributed by atoms with van der Waals surface area (Å²) in [6, 6.07) is 0.782. The maximum absolute atomic E-state index is 5.04. The Hall–Kier alpha value is 0.270. The van der Waals surface area contributed by atoms with Crippen LogP contribution in [0.5, 0.6) is 0 Å². The van der Waals surface area contributed by atoms with Gasteiger partial charge in [-0.15, -0.1) is 0 Å². The Morgan fingerprint density at radius 2 is 2.31 bits per heavy atom. The molecule has 1 aliphatic rings. The summed E-state index contributed by atoms with van der Waals surface area (Å²) in [7, 11) is 1.77. The highest BCUT2D eigenvalue weighted by atomic mass is 32.2. The van der Waals surface area contributed by atoms with E-state index in [-0.39, 0.29) is 0 Å². The van der Waals surface area contributed by atoms with Gasteiger partial charge in [0.05, 0.1) is 6.61 Å². The SMILES string of the molecule is CCNC1CCC(SCCOC)C1. The lowest BCUT2D eigenvalue weighted by Crippen LogP contribution is -2.26. The van der Waals surface area contributed by atoms with Crippen LogP contribution in [0, 0.1) is 0 Å². The first kappa shape index (κ1) is 11.3. The van der Waals surface area contributed by atoms with E-state index in [1.807, 2.05) is 0 Å². The summed E-state index contributed by atoms with van der Waals surface area (Å²) in [6.07, 6.45) is 4.09. The molecule has 3 heteroatoms. The van der Waals surface area contributed by atoms with E-state index in [4.69, 9.17) is 4.74 Å². The van der Waals surface area contributed by atoms with Crippen molar-refractivity contribution in [3.63, 3.8) is 0 Å². The molecule has 0 aromatic rings. The van der Waals surface area contributed by atoms with Gasteiger partial charge < -0.3 is 10.1 Å². The monoisotopic (exact) mass is 203 g/mol. The molecule has 0 aromatic carbocycles. The number of methoxy groups -OCH3 is 1. The lowest BCUT2D eigenvalue weighted by molar-refractivity contribution is 0.218. The molecule has 1 saturated carbocycles. The van der Waals surface area contributed by atoms with Crippen molar-refractivity contribution in [3.8, 4) is 0 Å². The molecule has 0 spiro atoms. The number of nitrogens with one attached hydrogen (secondary N) is 1. The summed E-state index contributed by atoms with van der Waals surface area (Å²) >= 11 is 2.07. The van der Waals surface area contributed by atoms with E-state index >= 15 is 0 Å². The standard InChI is InChI=1S/C10H21NOS/c1-3-11-9-4-5-10(8-9)13-7-6-12-2/h9-11H,3-8H2,1-2H3. The van der Waals surface area contributed by atoms with Crippen LogP contribution in [0.1, 0.15) is 26.2 Å². The van der Waals surface area contributed by atoms with Crippen molar-refractivity contribution in [1.29, 1.82) is 0 Å². The predicted molar refractivity (Wildman–Crippen MR) is 59.4 cm³/mol. The van der Waals surface area contributed by atoms with E-state index < -0.39 is 0 Å². The van der Waals surface area contributed by atoms with Crippen LogP contribution >= 0.6 is 11.8 Å². The van der Waals surface area contributed by atoms with Crippen molar-refractivity contribution in [1.82, 2.24) is 5.32 Å². The van der Waals surface area contributed by atoms with Gasteiger partial charge in [0.2, 0.25) is 0 Å². The fourth-order valence-corrected chi connectivity index (χ4v) is 3.13. The second kappa shape index (κ2) is 6.68. The molecule has 1 aliphatic carbocycles. The minimum atomic E-state index is 0.782. The summed E-state index contributed by atoms with van der Waals surface area (Å²) in [5, 5.41) is 4.39. The van der Waals surface area contributed by atoms with Crippen LogP contribution < -0.4 is 5.32 Å². The van der Waals surface area contributed by atoms with Crippen LogP contribution in [-0.2, 0) is 4.74 Å². The van der Waals surface area contributed by atoms with Gasteiger partial charge >= 0.3 is 0 Å². The second-order valence-electron chi connectivity index (χ2n) is 3.55. The molecule has 0 bridgehead atoms. The Labute approximate surface area is 85.8 Å². The molecule has 1 N–H and O–H groups in total. The van der Waals surface area contributed by atoms with Crippen LogP contribution in [0.2, 0.25) is 0 Å². The highest BCUT2D eigenvalue weighted by Crippen LogP contribution is 2.29. The molecular weight excluding hydrogens is 182 g/mol.